The van der Waals surface area contributed by atoms with Gasteiger partial charge in [-0.1, -0.05) is 13.2 Å². The van der Waals surface area contributed by atoms with E-state index in [9.17, 15) is 117 Å². The first-order valence-corrected chi connectivity index (χ1v) is 14.6. The van der Waals surface area contributed by atoms with Gasteiger partial charge in [0.1, 0.15) is 17.1 Å². The van der Waals surface area contributed by atoms with E-state index >= 15 is 0 Å². The van der Waals surface area contributed by atoms with Crippen LogP contribution in [0.2, 0.25) is 0 Å². The molecule has 0 saturated carbocycles. The first kappa shape index (κ1) is 53.1. The van der Waals surface area contributed by atoms with Crippen molar-refractivity contribution < 1.29 is 132 Å². The van der Waals surface area contributed by atoms with E-state index in [1.54, 1.807) is 0 Å². The molecule has 4 N–H and O–H groups in total. The smallest absolute Gasteiger partial charge is 0.442 e. The Labute approximate surface area is 318 Å². The van der Waals surface area contributed by atoms with Crippen LogP contribution in [0.4, 0.5) is 92.2 Å². The van der Waals surface area contributed by atoms with Gasteiger partial charge in [0.2, 0.25) is 0 Å². The Morgan fingerprint density at radius 3 is 1.23 bits per heavy atom. The third-order valence-corrected chi connectivity index (χ3v) is 7.72. The lowest BCUT2D eigenvalue weighted by molar-refractivity contribution is -0.377. The molecule has 0 amide bonds. The van der Waals surface area contributed by atoms with E-state index in [4.69, 9.17) is 5.11 Å². The van der Waals surface area contributed by atoms with Crippen molar-refractivity contribution in [2.24, 2.45) is 0 Å². The van der Waals surface area contributed by atoms with Gasteiger partial charge in [-0.25, -0.2) is 9.59 Å². The van der Waals surface area contributed by atoms with Gasteiger partial charge in [0.25, 0.3) is 5.60 Å². The number of benzene rings is 2. The first-order valence-electron chi connectivity index (χ1n) is 14.6. The number of aliphatic hydroxyl groups is 3. The average Bonchev–Trinajstić information content (AvgIpc) is 3.02. The normalized spacial score (nSPS) is 15.8. The third-order valence-electron chi connectivity index (χ3n) is 7.72. The summed E-state index contributed by atoms with van der Waals surface area (Å²) >= 11 is 0. The van der Waals surface area contributed by atoms with Gasteiger partial charge in [-0.15, -0.1) is 0 Å². The number of halogens is 21. The molecule has 2 aromatic carbocycles. The molecule has 0 heterocycles. The Bertz CT molecular complexity index is 1900. The molecule has 0 aliphatic carbocycles. The lowest BCUT2D eigenvalue weighted by atomic mass is 9.86. The number of hydrogen-bond donors (Lipinski definition) is 4. The summed E-state index contributed by atoms with van der Waals surface area (Å²) < 4.78 is 283. The molecule has 8 nitrogen and oxygen atoms in total. The summed E-state index contributed by atoms with van der Waals surface area (Å²) in [4.78, 5) is 23.0. The van der Waals surface area contributed by atoms with E-state index in [0.29, 0.717) is 6.08 Å². The average molecular weight is 920 g/mol. The van der Waals surface area contributed by atoms with Crippen LogP contribution in [-0.4, -0.2) is 75.6 Å². The molecule has 0 fully saturated rings. The van der Waals surface area contributed by atoms with E-state index in [1.807, 2.05) is 6.58 Å². The van der Waals surface area contributed by atoms with Crippen LogP contribution in [0.5, 0.6) is 11.5 Å². The predicted molar refractivity (Wildman–Crippen MR) is 153 cm³/mol. The largest absolute Gasteiger partial charge is 0.508 e. The fourth-order valence-electron chi connectivity index (χ4n) is 4.20. The Balaban J connectivity index is 0.000000650. The molecule has 2 aromatic rings. The highest BCUT2D eigenvalue weighted by Crippen LogP contribution is 2.56. The second-order valence-electron chi connectivity index (χ2n) is 12.0. The molecular formula is C31H21F21O8. The van der Waals surface area contributed by atoms with Crippen molar-refractivity contribution in [3.05, 3.63) is 83.5 Å². The number of aromatic hydroxyl groups is 1. The molecule has 29 heteroatoms. The number of carbonyl (C=O) groups is 2. The minimum atomic E-state index is -6.88. The minimum absolute atomic E-state index is 0.0202. The van der Waals surface area contributed by atoms with Gasteiger partial charge in [0.05, 0.1) is 0 Å². The van der Waals surface area contributed by atoms with Crippen LogP contribution < -0.4 is 4.74 Å². The second-order valence-corrected chi connectivity index (χ2v) is 12.0. The van der Waals surface area contributed by atoms with Crippen LogP contribution >= 0.6 is 0 Å². The van der Waals surface area contributed by atoms with Gasteiger partial charge in [0, 0.05) is 17.2 Å². The van der Waals surface area contributed by atoms with Crippen LogP contribution in [0.15, 0.2) is 61.2 Å². The molecule has 0 spiro atoms. The summed E-state index contributed by atoms with van der Waals surface area (Å²) in [5.41, 5.74) is -30.5. The summed E-state index contributed by atoms with van der Waals surface area (Å²) in [7, 11) is 0. The summed E-state index contributed by atoms with van der Waals surface area (Å²) in [6.45, 7) is 4.83. The van der Waals surface area contributed by atoms with E-state index in [-0.39, 0.29) is 44.2 Å². The Morgan fingerprint density at radius 2 is 0.900 bits per heavy atom. The van der Waals surface area contributed by atoms with E-state index in [2.05, 4.69) is 16.1 Å². The number of alkyl halides is 21. The number of hydrogen-bond acceptors (Lipinski definition) is 8. The van der Waals surface area contributed by atoms with Gasteiger partial charge in [-0.3, -0.25) is 0 Å². The quantitative estimate of drug-likeness (QED) is 0.0893. The highest BCUT2D eigenvalue weighted by atomic mass is 19.4. The van der Waals surface area contributed by atoms with Crippen molar-refractivity contribution in [1.29, 1.82) is 0 Å². The SMILES string of the molecule is C=CC(=O)Oc1cc(C(C)(O)C(F)(F)F)cc(C(OC(=O)C(=C)C(F)(F)F)(C(F)(F)F)C(F)(F)F)c1.CC(O)(c1cc(O)cc(C(O)(C(F)(F)F)C(F)(F)F)c1)C(F)(F)F. The van der Waals surface area contributed by atoms with Gasteiger partial charge < -0.3 is 29.9 Å². The topological polar surface area (TPSA) is 134 Å². The molecule has 2 rings (SSSR count). The number of esters is 2. The van der Waals surface area contributed by atoms with Crippen molar-refractivity contribution in [1.82, 2.24) is 0 Å². The van der Waals surface area contributed by atoms with Crippen LogP contribution in [0.1, 0.15) is 36.1 Å². The number of carbonyl (C=O) groups excluding carboxylic acids is 2. The highest BCUT2D eigenvalue weighted by molar-refractivity contribution is 5.89. The summed E-state index contributed by atoms with van der Waals surface area (Å²) in [6, 6.07) is -1.33. The lowest BCUT2D eigenvalue weighted by Gasteiger charge is -2.38. The minimum Gasteiger partial charge on any atom is -0.508 e. The molecule has 0 aromatic heterocycles. The first-order chi connectivity index (χ1) is 26.2. The molecular weight excluding hydrogens is 899 g/mol. The number of phenols is 1. The van der Waals surface area contributed by atoms with Crippen LogP contribution in [0.3, 0.4) is 0 Å². The number of phenolic OH excluding ortho intramolecular Hbond substituents is 1. The van der Waals surface area contributed by atoms with Crippen LogP contribution in [0.25, 0.3) is 0 Å². The molecule has 60 heavy (non-hydrogen) atoms. The summed E-state index contributed by atoms with van der Waals surface area (Å²) in [5, 5.41) is 37.5. The van der Waals surface area contributed by atoms with E-state index in [0.717, 1.165) is 0 Å². The summed E-state index contributed by atoms with van der Waals surface area (Å²) in [5.74, 6) is -7.83. The van der Waals surface area contributed by atoms with Crippen LogP contribution in [0, 0.1) is 0 Å². The Kier molecular flexibility index (Phi) is 14.3. The van der Waals surface area contributed by atoms with Gasteiger partial charge in [-0.05, 0) is 61.4 Å². The van der Waals surface area contributed by atoms with Crippen LogP contribution in [-0.2, 0) is 36.7 Å². The molecule has 2 unspecified atom stereocenters. The van der Waals surface area contributed by atoms with E-state index < -0.39 is 123 Å². The highest BCUT2D eigenvalue weighted by Gasteiger charge is 2.76. The standard InChI is InChI=1S/C19H12F12O5.C12H9F9O3/c1-4-12(32)35-11-6-9(14(3,34)17(23,24)25)5-10(7-11)15(18(26,27)28,19(29,30)31)36-13(33)8(2)16(20,21)22;1-8(23,10(13,14)15)5-2-6(4-7(22)3-5)9(24,11(16,17)18)12(19,20)21/h4-7,34H,1-2H2,3H3;2-4,22-24H,1H3. The maximum Gasteiger partial charge on any atom is 0.442 e. The number of rotatable bonds is 8. The predicted octanol–water partition coefficient (Wildman–Crippen LogP) is 9.00. The number of ether oxygens (including phenoxy) is 2. The molecule has 0 radical (unpaired) electrons. The molecule has 0 aliphatic heterocycles. The van der Waals surface area contributed by atoms with E-state index in [1.165, 1.54) is 0 Å². The zero-order valence-electron chi connectivity index (χ0n) is 28.8. The van der Waals surface area contributed by atoms with Crippen molar-refractivity contribution in [3.8, 4) is 11.5 Å². The van der Waals surface area contributed by atoms with Gasteiger partial charge in [-0.2, -0.15) is 92.2 Å². The zero-order valence-corrected chi connectivity index (χ0v) is 28.8. The fraction of sp³-hybridized carbons (Fsp3) is 0.419. The monoisotopic (exact) mass is 920 g/mol. The molecule has 2 atom stereocenters. The van der Waals surface area contributed by atoms with Crippen molar-refractivity contribution >= 4 is 11.9 Å². The molecule has 0 saturated heterocycles. The maximum atomic E-state index is 13.9. The third kappa shape index (κ3) is 10.3. The van der Waals surface area contributed by atoms with Gasteiger partial charge in [0.15, 0.2) is 11.2 Å². The van der Waals surface area contributed by atoms with Crippen molar-refractivity contribution in [2.45, 2.75) is 79.5 Å². The second kappa shape index (κ2) is 16.2. The Hall–Kier alpha value is -4.93. The lowest BCUT2D eigenvalue weighted by Crippen LogP contribution is -2.57. The van der Waals surface area contributed by atoms with Crippen molar-refractivity contribution in [3.63, 3.8) is 0 Å². The molecule has 0 aliphatic rings. The Morgan fingerprint density at radius 1 is 0.550 bits per heavy atom. The summed E-state index contributed by atoms with van der Waals surface area (Å²) in [6.07, 6.45) is -43.3. The molecule has 340 valence electrons. The fourth-order valence-corrected chi connectivity index (χ4v) is 4.20. The van der Waals surface area contributed by atoms with Crippen molar-refractivity contribution in [2.75, 3.05) is 0 Å². The molecule has 0 bridgehead atoms. The van der Waals surface area contributed by atoms with Gasteiger partial charge >= 0.3 is 60.8 Å². The zero-order chi connectivity index (χ0) is 48.1. The maximum absolute atomic E-state index is 13.9.